The number of hydrogen-bond donors (Lipinski definition) is 1. The molecule has 0 aromatic heterocycles. The summed E-state index contributed by atoms with van der Waals surface area (Å²) in [6, 6.07) is 0. The van der Waals surface area contributed by atoms with Gasteiger partial charge in [-0.15, -0.1) is 0 Å². The Morgan fingerprint density at radius 3 is 2.64 bits per heavy atom. The third-order valence-electron chi connectivity index (χ3n) is 2.07. The van der Waals surface area contributed by atoms with Crippen molar-refractivity contribution in [3.8, 4) is 0 Å². The molecular formula is C9H15F3N2. The van der Waals surface area contributed by atoms with Gasteiger partial charge in [-0.3, -0.25) is 4.90 Å². The Labute approximate surface area is 81.8 Å². The van der Waals surface area contributed by atoms with Crippen molar-refractivity contribution in [1.29, 1.82) is 0 Å². The van der Waals surface area contributed by atoms with Crippen molar-refractivity contribution in [2.24, 2.45) is 0 Å². The minimum absolute atomic E-state index is 0.396. The molecule has 82 valence electrons. The van der Waals surface area contributed by atoms with Crippen LogP contribution in [0.2, 0.25) is 0 Å². The lowest BCUT2D eigenvalue weighted by molar-refractivity contribution is -0.124. The molecule has 0 saturated carbocycles. The SMILES string of the molecule is FC(F)(F)CNCCN1CC=CCC1. The van der Waals surface area contributed by atoms with Crippen LogP contribution in [0.25, 0.3) is 0 Å². The molecule has 1 aliphatic heterocycles. The highest BCUT2D eigenvalue weighted by Gasteiger charge is 2.25. The zero-order valence-corrected chi connectivity index (χ0v) is 7.98. The number of nitrogens with one attached hydrogen (secondary N) is 1. The lowest BCUT2D eigenvalue weighted by atomic mass is 10.2. The average molecular weight is 208 g/mol. The molecule has 0 fully saturated rings. The highest BCUT2D eigenvalue weighted by Crippen LogP contribution is 2.11. The fourth-order valence-electron chi connectivity index (χ4n) is 1.36. The zero-order chi connectivity index (χ0) is 10.4. The van der Waals surface area contributed by atoms with Gasteiger partial charge in [-0.25, -0.2) is 0 Å². The van der Waals surface area contributed by atoms with Gasteiger partial charge in [0.15, 0.2) is 0 Å². The molecule has 1 N–H and O–H groups in total. The molecule has 0 bridgehead atoms. The van der Waals surface area contributed by atoms with Crippen molar-refractivity contribution >= 4 is 0 Å². The number of rotatable bonds is 4. The molecule has 0 atom stereocenters. The molecule has 0 aromatic carbocycles. The van der Waals surface area contributed by atoms with Crippen LogP contribution < -0.4 is 5.32 Å². The minimum Gasteiger partial charge on any atom is -0.307 e. The van der Waals surface area contributed by atoms with E-state index >= 15 is 0 Å². The van der Waals surface area contributed by atoms with E-state index in [1.54, 1.807) is 0 Å². The average Bonchev–Trinajstić information content (AvgIpc) is 2.13. The molecular weight excluding hydrogens is 193 g/mol. The van der Waals surface area contributed by atoms with Gasteiger partial charge in [0.2, 0.25) is 0 Å². The second-order valence-electron chi connectivity index (χ2n) is 3.35. The summed E-state index contributed by atoms with van der Waals surface area (Å²) in [6.07, 6.45) is 1.05. The van der Waals surface area contributed by atoms with Gasteiger partial charge in [-0.05, 0) is 6.42 Å². The van der Waals surface area contributed by atoms with Crippen LogP contribution in [0, 0.1) is 0 Å². The Kier molecular flexibility index (Phi) is 4.41. The minimum atomic E-state index is -4.10. The van der Waals surface area contributed by atoms with E-state index in [1.165, 1.54) is 0 Å². The summed E-state index contributed by atoms with van der Waals surface area (Å²) in [5.41, 5.74) is 0. The molecule has 0 saturated heterocycles. The largest absolute Gasteiger partial charge is 0.401 e. The van der Waals surface area contributed by atoms with Gasteiger partial charge in [-0.1, -0.05) is 12.2 Å². The molecule has 14 heavy (non-hydrogen) atoms. The van der Waals surface area contributed by atoms with Gasteiger partial charge >= 0.3 is 6.18 Å². The molecule has 0 amide bonds. The molecule has 0 unspecified atom stereocenters. The summed E-state index contributed by atoms with van der Waals surface area (Å²) in [5.74, 6) is 0. The van der Waals surface area contributed by atoms with Crippen molar-refractivity contribution < 1.29 is 13.2 Å². The highest BCUT2D eigenvalue weighted by molar-refractivity contribution is 4.90. The Balaban J connectivity index is 2.01. The van der Waals surface area contributed by atoms with Gasteiger partial charge in [0, 0.05) is 26.2 Å². The third kappa shape index (κ3) is 5.24. The van der Waals surface area contributed by atoms with E-state index in [1.807, 2.05) is 6.08 Å². The van der Waals surface area contributed by atoms with Crippen LogP contribution in [-0.2, 0) is 0 Å². The van der Waals surface area contributed by atoms with E-state index < -0.39 is 12.7 Å². The summed E-state index contributed by atoms with van der Waals surface area (Å²) in [7, 11) is 0. The molecule has 0 aromatic rings. The van der Waals surface area contributed by atoms with Crippen molar-refractivity contribution in [3.05, 3.63) is 12.2 Å². The highest BCUT2D eigenvalue weighted by atomic mass is 19.4. The monoisotopic (exact) mass is 208 g/mol. The standard InChI is InChI=1S/C9H15F3N2/c10-9(11,12)8-13-4-7-14-5-2-1-3-6-14/h1-2,13H,3-8H2. The first-order chi connectivity index (χ1) is 6.58. The summed E-state index contributed by atoms with van der Waals surface area (Å²) in [4.78, 5) is 2.13. The zero-order valence-electron chi connectivity index (χ0n) is 7.98. The summed E-state index contributed by atoms with van der Waals surface area (Å²) >= 11 is 0. The van der Waals surface area contributed by atoms with E-state index in [4.69, 9.17) is 0 Å². The van der Waals surface area contributed by atoms with E-state index in [0.29, 0.717) is 13.1 Å². The Hall–Kier alpha value is -0.550. The lowest BCUT2D eigenvalue weighted by Crippen LogP contribution is -2.37. The van der Waals surface area contributed by atoms with Gasteiger partial charge in [0.1, 0.15) is 0 Å². The van der Waals surface area contributed by atoms with Crippen molar-refractivity contribution in [3.63, 3.8) is 0 Å². The van der Waals surface area contributed by atoms with Crippen LogP contribution in [-0.4, -0.2) is 43.8 Å². The van der Waals surface area contributed by atoms with E-state index in [2.05, 4.69) is 16.3 Å². The molecule has 0 spiro atoms. The molecule has 2 nitrogen and oxygen atoms in total. The van der Waals surface area contributed by atoms with Crippen LogP contribution in [0.15, 0.2) is 12.2 Å². The maximum absolute atomic E-state index is 11.7. The van der Waals surface area contributed by atoms with E-state index in [9.17, 15) is 13.2 Å². The van der Waals surface area contributed by atoms with E-state index in [-0.39, 0.29) is 0 Å². The van der Waals surface area contributed by atoms with Crippen LogP contribution in [0.1, 0.15) is 6.42 Å². The topological polar surface area (TPSA) is 15.3 Å². The van der Waals surface area contributed by atoms with Crippen LogP contribution in [0.5, 0.6) is 0 Å². The fraction of sp³-hybridized carbons (Fsp3) is 0.778. The normalized spacial score (nSPS) is 18.8. The number of alkyl halides is 3. The van der Waals surface area contributed by atoms with Gasteiger partial charge in [0.05, 0.1) is 6.54 Å². The molecule has 5 heteroatoms. The van der Waals surface area contributed by atoms with Crippen molar-refractivity contribution in [1.82, 2.24) is 10.2 Å². The Morgan fingerprint density at radius 2 is 2.07 bits per heavy atom. The smallest absolute Gasteiger partial charge is 0.307 e. The number of nitrogens with zero attached hydrogens (tertiary/aromatic N) is 1. The molecule has 0 aliphatic carbocycles. The first-order valence-corrected chi connectivity index (χ1v) is 4.73. The maximum Gasteiger partial charge on any atom is 0.401 e. The van der Waals surface area contributed by atoms with Crippen molar-refractivity contribution in [2.75, 3.05) is 32.7 Å². The predicted molar refractivity (Wildman–Crippen MR) is 49.1 cm³/mol. The number of hydrogen-bond acceptors (Lipinski definition) is 2. The second kappa shape index (κ2) is 5.36. The Morgan fingerprint density at radius 1 is 1.29 bits per heavy atom. The first kappa shape index (κ1) is 11.5. The number of halogens is 3. The van der Waals surface area contributed by atoms with Gasteiger partial charge < -0.3 is 5.32 Å². The van der Waals surface area contributed by atoms with Gasteiger partial charge in [0.25, 0.3) is 0 Å². The lowest BCUT2D eigenvalue weighted by Gasteiger charge is -2.23. The third-order valence-corrected chi connectivity index (χ3v) is 2.07. The second-order valence-corrected chi connectivity index (χ2v) is 3.35. The predicted octanol–water partition coefficient (Wildman–Crippen LogP) is 1.40. The Bertz CT molecular complexity index is 189. The van der Waals surface area contributed by atoms with Crippen LogP contribution >= 0.6 is 0 Å². The summed E-state index contributed by atoms with van der Waals surface area (Å²) < 4.78 is 35.2. The maximum atomic E-state index is 11.7. The fourth-order valence-corrected chi connectivity index (χ4v) is 1.36. The first-order valence-electron chi connectivity index (χ1n) is 4.73. The quantitative estimate of drug-likeness (QED) is 0.555. The van der Waals surface area contributed by atoms with E-state index in [0.717, 1.165) is 19.5 Å². The molecule has 1 rings (SSSR count). The van der Waals surface area contributed by atoms with Crippen molar-refractivity contribution in [2.45, 2.75) is 12.6 Å². The molecule has 0 radical (unpaired) electrons. The molecule has 1 heterocycles. The van der Waals surface area contributed by atoms with Crippen LogP contribution in [0.3, 0.4) is 0 Å². The summed E-state index contributed by atoms with van der Waals surface area (Å²) in [5, 5.41) is 2.38. The van der Waals surface area contributed by atoms with Crippen LogP contribution in [0.4, 0.5) is 13.2 Å². The summed E-state index contributed by atoms with van der Waals surface area (Å²) in [6.45, 7) is 1.99. The van der Waals surface area contributed by atoms with Gasteiger partial charge in [-0.2, -0.15) is 13.2 Å². The molecule has 1 aliphatic rings.